The molecule has 9 heteroatoms. The number of ether oxygens (including phenoxy) is 5. The maximum atomic E-state index is 13.6. The number of rotatable bonds is 7. The quantitative estimate of drug-likeness (QED) is 0.225. The molecule has 0 spiro atoms. The van der Waals surface area contributed by atoms with Crippen LogP contribution in [0.2, 0.25) is 0 Å². The van der Waals surface area contributed by atoms with Crippen LogP contribution in [0, 0.1) is 39.4 Å². The van der Waals surface area contributed by atoms with Crippen LogP contribution < -0.4 is 0 Å². The third-order valence-electron chi connectivity index (χ3n) is 12.7. The lowest BCUT2D eigenvalue weighted by molar-refractivity contribution is -0.274. The molecule has 2 saturated carbocycles. The van der Waals surface area contributed by atoms with E-state index < -0.39 is 57.5 Å². The van der Waals surface area contributed by atoms with Crippen molar-refractivity contribution < 1.29 is 42.8 Å². The number of epoxide rings is 1. The van der Waals surface area contributed by atoms with Gasteiger partial charge in [0.15, 0.2) is 12.1 Å². The Hall–Kier alpha value is -2.04. The fraction of sp³-hybridized carbons (Fsp3) is 0.750. The monoisotopic (exact) mass is 570 g/mol. The zero-order chi connectivity index (χ0) is 29.4. The first-order chi connectivity index (χ1) is 19.3. The first-order valence-corrected chi connectivity index (χ1v) is 14.9. The van der Waals surface area contributed by atoms with E-state index in [1.54, 1.807) is 25.7 Å². The number of methoxy groups -OCH3 is 1. The molecule has 224 valence electrons. The summed E-state index contributed by atoms with van der Waals surface area (Å²) in [6.45, 7) is 12.4. The van der Waals surface area contributed by atoms with Crippen molar-refractivity contribution in [2.45, 2.75) is 96.3 Å². The Morgan fingerprint density at radius 3 is 2.56 bits per heavy atom. The summed E-state index contributed by atoms with van der Waals surface area (Å²) in [7, 11) is 1.57. The lowest BCUT2D eigenvalue weighted by atomic mass is 9.39. The molecule has 4 heterocycles. The average Bonchev–Trinajstić information content (AvgIpc) is 3.25. The molecule has 3 aliphatic carbocycles. The van der Waals surface area contributed by atoms with E-state index in [0.29, 0.717) is 19.4 Å². The summed E-state index contributed by atoms with van der Waals surface area (Å²) in [5, 5.41) is 12.2. The van der Waals surface area contributed by atoms with Crippen LogP contribution in [0.15, 0.2) is 35.2 Å². The van der Waals surface area contributed by atoms with Gasteiger partial charge in [0, 0.05) is 41.1 Å². The van der Waals surface area contributed by atoms with E-state index >= 15 is 0 Å². The van der Waals surface area contributed by atoms with Crippen LogP contribution in [-0.2, 0) is 33.3 Å². The predicted molar refractivity (Wildman–Crippen MR) is 144 cm³/mol. The van der Waals surface area contributed by atoms with Crippen molar-refractivity contribution in [3.05, 3.63) is 36.3 Å². The van der Waals surface area contributed by atoms with Crippen molar-refractivity contribution >= 4 is 12.3 Å². The molecule has 14 atom stereocenters. The van der Waals surface area contributed by atoms with Gasteiger partial charge in [-0.15, -0.1) is 0 Å². The molecular weight excluding hydrogens is 528 g/mol. The summed E-state index contributed by atoms with van der Waals surface area (Å²) in [4.78, 5) is 27.0. The van der Waals surface area contributed by atoms with Gasteiger partial charge >= 0.3 is 5.97 Å². The van der Waals surface area contributed by atoms with Crippen molar-refractivity contribution in [2.75, 3.05) is 13.7 Å². The number of furan rings is 1. The zero-order valence-electron chi connectivity index (χ0n) is 24.9. The molecule has 6 aliphatic rings. The molecule has 3 aliphatic heterocycles. The van der Waals surface area contributed by atoms with Gasteiger partial charge in [0.1, 0.15) is 18.0 Å². The molecule has 41 heavy (non-hydrogen) atoms. The molecule has 3 saturated heterocycles. The Morgan fingerprint density at radius 1 is 1.17 bits per heavy atom. The summed E-state index contributed by atoms with van der Waals surface area (Å²) in [5.74, 6) is -3.23. The number of fused-ring (bicyclic) bond motifs is 1. The maximum absolute atomic E-state index is 13.6. The Labute approximate surface area is 240 Å². The van der Waals surface area contributed by atoms with E-state index in [2.05, 4.69) is 6.92 Å². The van der Waals surface area contributed by atoms with E-state index in [4.69, 9.17) is 28.1 Å². The van der Waals surface area contributed by atoms with Gasteiger partial charge in [0.05, 0.1) is 42.7 Å². The number of hydrogen-bond donors (Lipinski definition) is 1. The van der Waals surface area contributed by atoms with E-state index in [1.165, 1.54) is 0 Å². The summed E-state index contributed by atoms with van der Waals surface area (Å²) in [5.41, 5.74) is -3.51. The van der Waals surface area contributed by atoms with Gasteiger partial charge in [-0.2, -0.15) is 0 Å². The van der Waals surface area contributed by atoms with Gasteiger partial charge in [-0.25, -0.2) is 0 Å². The summed E-state index contributed by atoms with van der Waals surface area (Å²) < 4.78 is 37.8. The fourth-order valence-corrected chi connectivity index (χ4v) is 10.5. The SMILES string of the molecule is CC[C@@H](C)C(=O)O[C@@H]1[C@@H]2OC[C@]3(C)C=C[C@]4(O)O[C@@H](OC)[C@H]([C@]1(C)[C@@]15O[C@@H]1C[C@@H](c1ccoc1)[C@]5(C)C=O)[C@]4(C)[C@@H]23. The molecule has 0 unspecified atom stereocenters. The van der Waals surface area contributed by atoms with Gasteiger partial charge < -0.3 is 38.0 Å². The lowest BCUT2D eigenvalue weighted by Gasteiger charge is -2.64. The highest BCUT2D eigenvalue weighted by Gasteiger charge is 2.91. The standard InChI is InChI=1S/C32H42O9/c1-8-17(2)25(34)39-24-21-22-27(3,16-38-21)10-11-31(35)29(22,5)23(26(36-7)41-31)30(24,6)32-20(40-32)13-19(28(32,4)15-33)18-9-12-37-14-18/h9-12,14-15,17,19-24,26,35H,8,13,16H2,1-7H3/t17-,19+,20-,21-,22+,23+,24-,26-,27+,28+,29+,30+,31+,32-/m1/s1. The molecule has 1 aromatic heterocycles. The minimum atomic E-state index is -1.65. The first kappa shape index (κ1) is 27.8. The second-order valence-corrected chi connectivity index (χ2v) is 14.3. The maximum Gasteiger partial charge on any atom is 0.309 e. The molecule has 0 amide bonds. The second-order valence-electron chi connectivity index (χ2n) is 14.3. The van der Waals surface area contributed by atoms with Crippen molar-refractivity contribution in [1.82, 2.24) is 0 Å². The van der Waals surface area contributed by atoms with Crippen molar-refractivity contribution in [2.24, 2.45) is 39.4 Å². The van der Waals surface area contributed by atoms with Crippen LogP contribution in [0.1, 0.15) is 65.9 Å². The third-order valence-corrected chi connectivity index (χ3v) is 12.7. The molecule has 1 N–H and O–H groups in total. The molecular formula is C32H42O9. The average molecular weight is 571 g/mol. The Morgan fingerprint density at radius 2 is 1.93 bits per heavy atom. The highest BCUT2D eigenvalue weighted by molar-refractivity contribution is 5.73. The number of aliphatic hydroxyl groups is 1. The Balaban J connectivity index is 1.48. The second kappa shape index (κ2) is 8.32. The molecule has 5 fully saturated rings. The van der Waals surface area contributed by atoms with E-state index in [9.17, 15) is 14.7 Å². The molecule has 9 nitrogen and oxygen atoms in total. The summed E-state index contributed by atoms with van der Waals surface area (Å²) in [6.07, 6.45) is 6.81. The summed E-state index contributed by atoms with van der Waals surface area (Å²) in [6, 6.07) is 1.90. The van der Waals surface area contributed by atoms with Crippen LogP contribution in [-0.4, -0.2) is 67.1 Å². The minimum Gasteiger partial charge on any atom is -0.472 e. The summed E-state index contributed by atoms with van der Waals surface area (Å²) >= 11 is 0. The van der Waals surface area contributed by atoms with Gasteiger partial charge in [-0.3, -0.25) is 4.79 Å². The lowest BCUT2D eigenvalue weighted by Crippen LogP contribution is -2.74. The van der Waals surface area contributed by atoms with Crippen LogP contribution in [0.25, 0.3) is 0 Å². The number of carbonyl (C=O) groups excluding carboxylic acids is 2. The molecule has 0 bridgehead atoms. The van der Waals surface area contributed by atoms with Gasteiger partial charge in [-0.1, -0.05) is 40.7 Å². The normalized spacial score (nSPS) is 54.9. The van der Waals surface area contributed by atoms with Crippen molar-refractivity contribution in [1.29, 1.82) is 0 Å². The predicted octanol–water partition coefficient (Wildman–Crippen LogP) is 3.99. The zero-order valence-corrected chi connectivity index (χ0v) is 24.9. The highest BCUT2D eigenvalue weighted by atomic mass is 16.7. The van der Waals surface area contributed by atoms with Crippen molar-refractivity contribution in [3.8, 4) is 0 Å². The topological polar surface area (TPSA) is 117 Å². The van der Waals surface area contributed by atoms with Crippen molar-refractivity contribution in [3.63, 3.8) is 0 Å². The Kier molecular flexibility index (Phi) is 5.63. The smallest absolute Gasteiger partial charge is 0.309 e. The van der Waals surface area contributed by atoms with Crippen LogP contribution in [0.5, 0.6) is 0 Å². The van der Waals surface area contributed by atoms with Gasteiger partial charge in [-0.05, 0) is 37.5 Å². The molecule has 7 rings (SSSR count). The van der Waals surface area contributed by atoms with Gasteiger partial charge in [0.2, 0.25) is 0 Å². The van der Waals surface area contributed by atoms with Crippen LogP contribution >= 0.6 is 0 Å². The number of hydrogen-bond acceptors (Lipinski definition) is 9. The molecule has 0 aromatic carbocycles. The Bertz CT molecular complexity index is 1290. The molecule has 1 aromatic rings. The van der Waals surface area contributed by atoms with Gasteiger partial charge in [0.25, 0.3) is 0 Å². The minimum absolute atomic E-state index is 0.172. The van der Waals surface area contributed by atoms with E-state index in [-0.39, 0.29) is 29.8 Å². The third kappa shape index (κ3) is 2.91. The number of esters is 1. The largest absolute Gasteiger partial charge is 0.472 e. The highest BCUT2D eigenvalue weighted by Crippen LogP contribution is 2.81. The first-order valence-electron chi connectivity index (χ1n) is 14.9. The number of aldehydes is 1. The van der Waals surface area contributed by atoms with E-state index in [0.717, 1.165) is 11.8 Å². The van der Waals surface area contributed by atoms with Crippen LogP contribution in [0.4, 0.5) is 0 Å². The van der Waals surface area contributed by atoms with Crippen LogP contribution in [0.3, 0.4) is 0 Å². The number of carbonyl (C=O) groups is 2. The van der Waals surface area contributed by atoms with E-state index in [1.807, 2.05) is 46.8 Å². The molecule has 0 radical (unpaired) electrons. The fourth-order valence-electron chi connectivity index (χ4n) is 10.5.